The monoisotopic (exact) mass is 302 g/mol. The molecule has 1 amide bonds. The van der Waals surface area contributed by atoms with Crippen molar-refractivity contribution < 1.29 is 9.72 Å². The number of benzene rings is 1. The molecule has 0 fully saturated rings. The molecule has 0 bridgehead atoms. The van der Waals surface area contributed by atoms with Gasteiger partial charge in [0.05, 0.1) is 20.5 Å². The lowest BCUT2D eigenvalue weighted by Crippen LogP contribution is -2.28. The van der Waals surface area contributed by atoms with E-state index in [0.717, 1.165) is 17.7 Å². The summed E-state index contributed by atoms with van der Waals surface area (Å²) in [5, 5.41) is 10.7. The zero-order valence-corrected chi connectivity index (χ0v) is 12.0. The van der Waals surface area contributed by atoms with Crippen LogP contribution in [0.5, 0.6) is 0 Å². The summed E-state index contributed by atoms with van der Waals surface area (Å²) >= 11 is 11.7. The highest BCUT2D eigenvalue weighted by atomic mass is 35.5. The minimum Gasteiger partial charge on any atom is -0.338 e. The van der Waals surface area contributed by atoms with Gasteiger partial charge in [-0.1, -0.05) is 35.4 Å². The maximum atomic E-state index is 12.1. The number of nitro groups is 1. The molecule has 0 heterocycles. The number of carbonyl (C=O) groups is 1. The topological polar surface area (TPSA) is 63.5 Å². The van der Waals surface area contributed by atoms with Crippen molar-refractivity contribution in [3.8, 4) is 0 Å². The molecule has 0 saturated heterocycles. The number of carbonyl (C=O) groups excluding carboxylic acids is 1. The third kappa shape index (κ3) is 3.68. The Hall–Kier alpha value is -1.59. The average Bonchev–Trinajstić information content (AvgIpc) is 2.30. The summed E-state index contributed by atoms with van der Waals surface area (Å²) in [5.74, 6) is -0.446. The highest BCUT2D eigenvalue weighted by molar-refractivity contribution is 6.44. The lowest BCUT2D eigenvalue weighted by atomic mass is 10.1. The Morgan fingerprint density at radius 3 is 2.53 bits per heavy atom. The number of rotatable bonds is 4. The molecule has 0 atom stereocenters. The number of hydrogen-bond donors (Lipinski definition) is 0. The van der Waals surface area contributed by atoms with Gasteiger partial charge in [-0.25, -0.2) is 0 Å². The fraction of sp³-hybridized carbons (Fsp3) is 0.250. The van der Waals surface area contributed by atoms with E-state index in [1.807, 2.05) is 0 Å². The van der Waals surface area contributed by atoms with Crippen LogP contribution >= 0.6 is 23.2 Å². The highest BCUT2D eigenvalue weighted by Gasteiger charge is 2.21. The first kappa shape index (κ1) is 15.5. The molecule has 5 nitrogen and oxygen atoms in total. The van der Waals surface area contributed by atoms with E-state index in [-0.39, 0.29) is 21.3 Å². The predicted octanol–water partition coefficient (Wildman–Crippen LogP) is 3.55. The number of nitro benzene ring substituents is 1. The summed E-state index contributed by atoms with van der Waals surface area (Å²) in [5.41, 5.74) is 0.509. The Labute approximate surface area is 120 Å². The van der Waals surface area contributed by atoms with Gasteiger partial charge in [-0.05, 0) is 6.92 Å². The molecule has 1 aromatic rings. The molecule has 0 radical (unpaired) electrons. The average molecular weight is 303 g/mol. The smallest absolute Gasteiger partial charge is 0.271 e. The molecule has 102 valence electrons. The Kier molecular flexibility index (Phi) is 4.91. The van der Waals surface area contributed by atoms with Gasteiger partial charge in [-0.2, -0.15) is 0 Å². The fourth-order valence-electron chi connectivity index (χ4n) is 1.52. The summed E-state index contributed by atoms with van der Waals surface area (Å²) < 4.78 is 0. The van der Waals surface area contributed by atoms with Crippen LogP contribution in [0, 0.1) is 10.1 Å². The van der Waals surface area contributed by atoms with Gasteiger partial charge in [-0.3, -0.25) is 14.9 Å². The van der Waals surface area contributed by atoms with Crippen molar-refractivity contribution >= 4 is 34.8 Å². The van der Waals surface area contributed by atoms with Gasteiger partial charge < -0.3 is 4.90 Å². The van der Waals surface area contributed by atoms with Gasteiger partial charge in [0.2, 0.25) is 0 Å². The Bertz CT molecular complexity index is 558. The van der Waals surface area contributed by atoms with Crippen LogP contribution in [0.3, 0.4) is 0 Å². The van der Waals surface area contributed by atoms with Gasteiger partial charge in [0.1, 0.15) is 0 Å². The largest absolute Gasteiger partial charge is 0.338 e. The Morgan fingerprint density at radius 2 is 2.05 bits per heavy atom. The molecule has 0 aliphatic heterocycles. The normalized spacial score (nSPS) is 10.1. The van der Waals surface area contributed by atoms with E-state index in [0.29, 0.717) is 6.54 Å². The van der Waals surface area contributed by atoms with Gasteiger partial charge in [0.25, 0.3) is 11.6 Å². The van der Waals surface area contributed by atoms with Crippen LogP contribution < -0.4 is 0 Å². The molecular formula is C12H12Cl2N2O3. The molecule has 19 heavy (non-hydrogen) atoms. The maximum Gasteiger partial charge on any atom is 0.271 e. The summed E-state index contributed by atoms with van der Waals surface area (Å²) in [6.07, 6.45) is 0. The molecular weight excluding hydrogens is 291 g/mol. The van der Waals surface area contributed by atoms with E-state index in [1.54, 1.807) is 14.0 Å². The van der Waals surface area contributed by atoms with Crippen molar-refractivity contribution in [3.05, 3.63) is 50.0 Å². The molecule has 1 aromatic carbocycles. The summed E-state index contributed by atoms with van der Waals surface area (Å²) in [7, 11) is 1.56. The predicted molar refractivity (Wildman–Crippen MR) is 74.9 cm³/mol. The van der Waals surface area contributed by atoms with Gasteiger partial charge in [0, 0.05) is 25.7 Å². The van der Waals surface area contributed by atoms with Crippen molar-refractivity contribution in [1.29, 1.82) is 0 Å². The van der Waals surface area contributed by atoms with E-state index in [2.05, 4.69) is 6.58 Å². The third-order valence-electron chi connectivity index (χ3n) is 2.31. The van der Waals surface area contributed by atoms with Gasteiger partial charge >= 0.3 is 0 Å². The second-order valence-corrected chi connectivity index (χ2v) is 4.95. The number of nitrogens with zero attached hydrogens (tertiary/aromatic N) is 2. The number of hydrogen-bond acceptors (Lipinski definition) is 3. The van der Waals surface area contributed by atoms with Crippen LogP contribution in [0.4, 0.5) is 5.69 Å². The molecule has 0 aliphatic rings. The number of amides is 1. The van der Waals surface area contributed by atoms with E-state index in [9.17, 15) is 14.9 Å². The highest BCUT2D eigenvalue weighted by Crippen LogP contribution is 2.31. The molecule has 0 aliphatic carbocycles. The van der Waals surface area contributed by atoms with E-state index in [1.165, 1.54) is 4.90 Å². The first-order valence-corrected chi connectivity index (χ1v) is 6.03. The van der Waals surface area contributed by atoms with Crippen molar-refractivity contribution in [2.24, 2.45) is 0 Å². The number of likely N-dealkylation sites (N-methyl/N-ethyl adjacent to an activating group) is 1. The molecule has 7 heteroatoms. The first-order valence-electron chi connectivity index (χ1n) is 5.27. The van der Waals surface area contributed by atoms with Gasteiger partial charge in [0.15, 0.2) is 0 Å². The Balaban J connectivity index is 3.22. The Morgan fingerprint density at radius 1 is 1.47 bits per heavy atom. The van der Waals surface area contributed by atoms with Crippen LogP contribution in [0.1, 0.15) is 17.3 Å². The molecule has 0 saturated carbocycles. The van der Waals surface area contributed by atoms with Crippen LogP contribution in [0.25, 0.3) is 0 Å². The van der Waals surface area contributed by atoms with Crippen molar-refractivity contribution in [3.63, 3.8) is 0 Å². The molecule has 1 rings (SSSR count). The summed E-state index contributed by atoms with van der Waals surface area (Å²) in [6, 6.07) is 2.23. The quantitative estimate of drug-likeness (QED) is 0.485. The molecule has 0 unspecified atom stereocenters. The molecule has 0 aromatic heterocycles. The summed E-state index contributed by atoms with van der Waals surface area (Å²) in [6.45, 7) is 5.79. The maximum absolute atomic E-state index is 12.1. The molecule has 0 N–H and O–H groups in total. The van der Waals surface area contributed by atoms with Crippen LogP contribution in [-0.4, -0.2) is 29.3 Å². The zero-order valence-electron chi connectivity index (χ0n) is 10.4. The third-order valence-corrected chi connectivity index (χ3v) is 3.11. The van der Waals surface area contributed by atoms with Crippen molar-refractivity contribution in [2.45, 2.75) is 6.92 Å². The van der Waals surface area contributed by atoms with E-state index in [4.69, 9.17) is 23.2 Å². The molecule has 0 spiro atoms. The lowest BCUT2D eigenvalue weighted by Gasteiger charge is -2.18. The van der Waals surface area contributed by atoms with Gasteiger partial charge in [-0.15, -0.1) is 0 Å². The van der Waals surface area contributed by atoms with Crippen molar-refractivity contribution in [2.75, 3.05) is 13.6 Å². The number of halogens is 2. The van der Waals surface area contributed by atoms with E-state index < -0.39 is 10.8 Å². The second-order valence-electron chi connectivity index (χ2n) is 4.16. The van der Waals surface area contributed by atoms with Crippen molar-refractivity contribution in [1.82, 2.24) is 4.90 Å². The van der Waals surface area contributed by atoms with Crippen LogP contribution in [-0.2, 0) is 0 Å². The fourth-order valence-corrected chi connectivity index (χ4v) is 1.92. The van der Waals surface area contributed by atoms with E-state index >= 15 is 0 Å². The second kappa shape index (κ2) is 6.04. The standard InChI is InChI=1S/C12H12Cl2N2O3/c1-7(2)6-15(3)12(17)9-4-8(16(18)19)5-10(13)11(9)14/h4-5H,1,6H2,2-3H3. The number of non-ortho nitro benzene ring substituents is 1. The minimum absolute atomic E-state index is 0.00427. The minimum atomic E-state index is -0.627. The lowest BCUT2D eigenvalue weighted by molar-refractivity contribution is -0.384. The first-order chi connectivity index (χ1) is 8.73. The zero-order chi connectivity index (χ0) is 14.7. The van der Waals surface area contributed by atoms with Crippen LogP contribution in [0.15, 0.2) is 24.3 Å². The summed E-state index contributed by atoms with van der Waals surface area (Å²) in [4.78, 5) is 23.6. The SMILES string of the molecule is C=C(C)CN(C)C(=O)c1cc([N+](=O)[O-])cc(Cl)c1Cl. The van der Waals surface area contributed by atoms with Crippen LogP contribution in [0.2, 0.25) is 10.0 Å².